The number of anilines is 4. The summed E-state index contributed by atoms with van der Waals surface area (Å²) in [5.41, 5.74) is 1.13. The monoisotopic (exact) mass is 2130 g/mol. The third kappa shape index (κ3) is 23.0. The van der Waals surface area contributed by atoms with Gasteiger partial charge in [0.1, 0.15) is 72.9 Å². The molecule has 2 aliphatic rings. The van der Waals surface area contributed by atoms with Crippen molar-refractivity contribution in [3.05, 3.63) is 231 Å². The lowest BCUT2D eigenvalue weighted by atomic mass is 10.1. The Morgan fingerprint density at radius 3 is 1.16 bits per heavy atom. The molecule has 15 heterocycles. The maximum Gasteiger partial charge on any atom is 0.435 e. The first-order valence-electron chi connectivity index (χ1n) is 43.4. The predicted molar refractivity (Wildman–Crippen MR) is 502 cm³/mol. The predicted octanol–water partition coefficient (Wildman–Crippen LogP) is 10.6. The molecule has 59 heteroatoms. The number of alkyl halides is 8. The van der Waals surface area contributed by atoms with Crippen LogP contribution in [0.4, 0.5) is 62.7 Å². The van der Waals surface area contributed by atoms with Gasteiger partial charge in [-0.1, -0.05) is 0 Å². The Balaban J connectivity index is 0.000000141. The first kappa shape index (κ1) is 104. The molecule has 4 amide bonds. The largest absolute Gasteiger partial charge is 0.464 e. The number of esters is 1. The second-order valence-corrected chi connectivity index (χ2v) is 40.6. The zero-order valence-electron chi connectivity index (χ0n) is 77.6. The highest BCUT2D eigenvalue weighted by Gasteiger charge is 2.37. The van der Waals surface area contributed by atoms with Crippen LogP contribution in [0.25, 0.3) is 67.6 Å². The molecule has 2 atom stereocenters. The number of benzene rings is 4. The molecule has 19 rings (SSSR count). The fourth-order valence-electron chi connectivity index (χ4n) is 15.2. The summed E-state index contributed by atoms with van der Waals surface area (Å²) in [5.74, 6) is -4.48. The molecule has 2 unspecified atom stereocenters. The van der Waals surface area contributed by atoms with Crippen LogP contribution in [-0.2, 0) is 74.8 Å². The van der Waals surface area contributed by atoms with Crippen molar-refractivity contribution in [3.8, 4) is 68.0 Å². The molecule has 0 radical (unpaired) electrons. The highest BCUT2D eigenvalue weighted by Crippen LogP contribution is 2.44. The van der Waals surface area contributed by atoms with Gasteiger partial charge in [-0.15, -0.1) is 0 Å². The Morgan fingerprint density at radius 1 is 0.432 bits per heavy atom. The van der Waals surface area contributed by atoms with Crippen LogP contribution in [0.3, 0.4) is 0 Å². The number of carbonyl (C=O) groups is 6. The Bertz CT molecular complexity index is 8470. The number of rotatable bonds is 28. The lowest BCUT2D eigenvalue weighted by Gasteiger charge is -2.23. The van der Waals surface area contributed by atoms with Crippen LogP contribution in [0.5, 0.6) is 23.0 Å². The highest BCUT2D eigenvalue weighted by atomic mass is 32.2. The van der Waals surface area contributed by atoms with Crippen molar-refractivity contribution >= 4 is 120 Å². The zero-order chi connectivity index (χ0) is 106. The summed E-state index contributed by atoms with van der Waals surface area (Å²) in [6.45, 7) is -8.43. The van der Waals surface area contributed by atoms with E-state index in [9.17, 15) is 97.6 Å². The molecule has 0 bridgehead atoms. The number of fused-ring (bicyclic) bond motifs is 4. The molecule has 0 spiro atoms. The van der Waals surface area contributed by atoms with Gasteiger partial charge in [0.2, 0.25) is 9.84 Å². The molecule has 47 nitrogen and oxygen atoms in total. The van der Waals surface area contributed by atoms with Crippen molar-refractivity contribution in [2.45, 2.75) is 101 Å². The number of aromatic nitrogens is 22. The number of halogens is 8. The van der Waals surface area contributed by atoms with Gasteiger partial charge in [-0.2, -0.15) is 85.7 Å². The number of carbonyl (C=O) groups excluding carboxylic acids is 6. The molecule has 17 aromatic rings. The summed E-state index contributed by atoms with van der Waals surface area (Å²) in [6, 6.07) is 19.3. The average Bonchev–Trinajstić information content (AvgIpc) is 1.62. The second-order valence-electron chi connectivity index (χ2n) is 32.4. The van der Waals surface area contributed by atoms with Crippen molar-refractivity contribution < 1.29 is 126 Å². The first-order valence-corrected chi connectivity index (χ1v) is 50.2. The fraction of sp³-hybridized carbons (Fsp3) is 0.225. The average molecular weight is 2130 g/mol. The minimum absolute atomic E-state index is 0.000896. The molecule has 770 valence electrons. The van der Waals surface area contributed by atoms with Crippen molar-refractivity contribution in [2.24, 2.45) is 21.1 Å². The molecule has 0 saturated carbocycles. The Kier molecular flexibility index (Phi) is 30.0. The molecule has 4 aromatic carbocycles. The van der Waals surface area contributed by atoms with E-state index < -0.39 is 125 Å². The number of nitrogens with one attached hydrogen (secondary N) is 5. The van der Waals surface area contributed by atoms with E-state index in [-0.39, 0.29) is 156 Å². The van der Waals surface area contributed by atoms with E-state index in [0.717, 1.165) is 84.5 Å². The minimum atomic E-state index is -4.05. The normalized spacial score (nSPS) is 13.9. The maximum atomic E-state index is 13.3. The molecular formula is C89H79F8N27O20S4. The Hall–Kier alpha value is -17.4. The molecule has 0 aliphatic carbocycles. The number of sulfone groups is 4. The van der Waals surface area contributed by atoms with Gasteiger partial charge in [0.15, 0.2) is 58.1 Å². The quantitative estimate of drug-likeness (QED) is 0.0225. The molecule has 2 aliphatic heterocycles. The lowest BCUT2D eigenvalue weighted by Crippen LogP contribution is -2.38. The number of hydrogen-bond donors (Lipinski definition) is 5. The number of nitrogens with zero attached hydrogens (tertiary/aromatic N) is 22. The zero-order valence-corrected chi connectivity index (χ0v) is 80.8. The van der Waals surface area contributed by atoms with Gasteiger partial charge in [0, 0.05) is 137 Å². The number of ether oxygens (including phenoxy) is 6. The molecule has 5 N–H and O–H groups in total. The van der Waals surface area contributed by atoms with Gasteiger partial charge < -0.3 is 55.0 Å². The van der Waals surface area contributed by atoms with Crippen LogP contribution in [-0.4, -0.2) is 247 Å². The van der Waals surface area contributed by atoms with Crippen molar-refractivity contribution in [2.75, 3.05) is 53.5 Å². The van der Waals surface area contributed by atoms with Crippen LogP contribution in [0.15, 0.2) is 233 Å². The molecule has 13 aromatic heterocycles. The SMILES string of the molecule is CC(C)OC(=O)n1cc(NC(=O)c2cnn3cccnc23)c(-c2cc(S(C)(=O)=O)ccc2OC(F)F)n1.CS(=O)(=O)c1ccc(OC(F)F)c(-c2nn(C3CCOC3=O)cc2NC(=O)c2cnn3cccnc23)c1.Cn1cc(NC(=O)c2cnn3cccnc23)c(-c2cc(S(=O)(=O)C3CCCNC3)ccc2OC(F)F)n1.Cn1cc(S(=O)(=O)c2ccc(OC(F)F)c(-c3nn(C)cc3NC(=O)c3cnn4cccnc34)c2)cn1. The molecule has 2 fully saturated rings. The van der Waals surface area contributed by atoms with E-state index in [2.05, 4.69) is 111 Å². The van der Waals surface area contributed by atoms with Gasteiger partial charge in [0.05, 0.1) is 104 Å². The maximum absolute atomic E-state index is 13.3. The third-order valence-corrected chi connectivity index (χ3v) is 27.9. The van der Waals surface area contributed by atoms with Crippen molar-refractivity contribution in [1.82, 2.24) is 113 Å². The standard InChI is InChI=1S/C23H23F2N7O4S.C22H18F2N8O4S.C22H18F2N6O6S.C22H20F2N6O6S/c1-31-13-18(29-22(33)17-12-28-32-9-3-8-27-21(17)32)20(30-31)16-10-14(5-6-19(16)36-23(24)25)37(34,35)15-4-2-7-26-11-15;1-30-11-14(9-26-30)37(34,35)13-4-5-18(36-22(23)24)15(8-13)19-17(12-31(2)29-19)28-21(33)16-10-27-32-7-3-6-25-20(16)32;1-37(33,34)12-3-4-17(36-22(23)24)13(9-12)18-15(11-30(28-18)16-5-8-35-21(16)32)27-20(31)14-10-26-29-7-2-6-25-19(14)29;1-12(2)35-22(32)30-11-16(27-20(31)15-10-26-29-8-4-7-25-19(15)29)18(28-30)14-9-13(37(3,33)34)5-6-17(14)36-21(23)24/h3,5-6,8-10,12-13,15,23,26H,2,4,7,11H2,1H3,(H,29,33);3-12,22H,1-2H3,(H,28,33);2-4,6-7,9-11,16,22H,5,8H2,1H3,(H,27,31);4-12,21H,1-3H3,(H,27,31). The number of piperidine rings is 1. The van der Waals surface area contributed by atoms with Gasteiger partial charge in [0.25, 0.3) is 23.6 Å². The summed E-state index contributed by atoms with van der Waals surface area (Å²) in [6.07, 6.45) is 27.4. The van der Waals surface area contributed by atoms with Gasteiger partial charge in [-0.25, -0.2) is 81.3 Å². The first-order chi connectivity index (χ1) is 70.4. The van der Waals surface area contributed by atoms with Crippen molar-refractivity contribution in [1.29, 1.82) is 0 Å². The summed E-state index contributed by atoms with van der Waals surface area (Å²) < 4.78 is 247. The number of aryl methyl sites for hydroxylation is 3. The van der Waals surface area contributed by atoms with E-state index in [0.29, 0.717) is 30.7 Å². The molecule has 148 heavy (non-hydrogen) atoms. The van der Waals surface area contributed by atoms with Crippen LogP contribution < -0.4 is 45.5 Å². The summed E-state index contributed by atoms with van der Waals surface area (Å²) in [4.78, 5) is 93.0. The van der Waals surface area contributed by atoms with E-state index in [1.807, 2.05) is 0 Å². The number of hydrogen-bond acceptors (Lipinski definition) is 34. The minimum Gasteiger partial charge on any atom is -0.464 e. The number of cyclic esters (lactones) is 1. The summed E-state index contributed by atoms with van der Waals surface area (Å²) in [5, 5.41) is 50.2. The van der Waals surface area contributed by atoms with Gasteiger partial charge in [-0.3, -0.25) is 37.9 Å². The van der Waals surface area contributed by atoms with Crippen molar-refractivity contribution in [3.63, 3.8) is 0 Å². The Morgan fingerprint density at radius 2 is 0.797 bits per heavy atom. The van der Waals surface area contributed by atoms with Gasteiger partial charge >= 0.3 is 38.5 Å². The molecule has 2 saturated heterocycles. The van der Waals surface area contributed by atoms with E-state index >= 15 is 0 Å². The van der Waals surface area contributed by atoms with Crippen LogP contribution in [0.1, 0.15) is 80.6 Å². The number of amides is 4. The Labute approximate surface area is 829 Å². The fourth-order valence-corrected chi connectivity index (χ4v) is 19.5. The lowest BCUT2D eigenvalue weighted by molar-refractivity contribution is -0.140. The highest BCUT2D eigenvalue weighted by molar-refractivity contribution is 7.92. The van der Waals surface area contributed by atoms with Crippen LogP contribution in [0, 0.1) is 0 Å². The summed E-state index contributed by atoms with van der Waals surface area (Å²) in [7, 11) is -10.7. The van der Waals surface area contributed by atoms with Crippen LogP contribution in [0.2, 0.25) is 0 Å². The third-order valence-electron chi connectivity index (χ3n) is 21.8. The smallest absolute Gasteiger partial charge is 0.435 e. The summed E-state index contributed by atoms with van der Waals surface area (Å²) >= 11 is 0. The van der Waals surface area contributed by atoms with E-state index in [1.54, 1.807) is 84.0 Å². The van der Waals surface area contributed by atoms with Gasteiger partial charge in [-0.05, 0) is 130 Å². The second kappa shape index (κ2) is 42.9. The topological polar surface area (TPSA) is 564 Å². The van der Waals surface area contributed by atoms with Crippen LogP contribution >= 0.6 is 0 Å². The van der Waals surface area contributed by atoms with E-state index in [1.165, 1.54) is 136 Å². The van der Waals surface area contributed by atoms with E-state index in [4.69, 9.17) is 9.47 Å². The molecular weight excluding hydrogens is 2050 g/mol.